The second kappa shape index (κ2) is 12.8. The largest absolute Gasteiger partial charge is 0.355 e. The van der Waals surface area contributed by atoms with Crippen LogP contribution in [0.2, 0.25) is 5.02 Å². The SMILES string of the molecule is Cl.O=C(CNC(=O)NCc1ccc(Cl)cc1)NCCCN1CCNCC1. The van der Waals surface area contributed by atoms with E-state index in [1.165, 1.54) is 0 Å². The Morgan fingerprint density at radius 2 is 1.77 bits per heavy atom. The maximum atomic E-state index is 11.7. The molecule has 146 valence electrons. The number of rotatable bonds is 8. The first-order chi connectivity index (χ1) is 12.1. The summed E-state index contributed by atoms with van der Waals surface area (Å²) >= 11 is 5.81. The van der Waals surface area contributed by atoms with E-state index in [-0.39, 0.29) is 30.9 Å². The van der Waals surface area contributed by atoms with Gasteiger partial charge in [-0.3, -0.25) is 4.79 Å². The predicted octanol–water partition coefficient (Wildman–Crippen LogP) is 0.973. The zero-order valence-corrected chi connectivity index (χ0v) is 16.3. The molecule has 0 bridgehead atoms. The molecule has 4 N–H and O–H groups in total. The van der Waals surface area contributed by atoms with E-state index in [2.05, 4.69) is 26.2 Å². The van der Waals surface area contributed by atoms with Crippen molar-refractivity contribution in [2.75, 3.05) is 45.8 Å². The summed E-state index contributed by atoms with van der Waals surface area (Å²) in [6, 6.07) is 6.85. The Hall–Kier alpha value is -1.54. The van der Waals surface area contributed by atoms with Crippen LogP contribution in [0, 0.1) is 0 Å². The molecule has 26 heavy (non-hydrogen) atoms. The smallest absolute Gasteiger partial charge is 0.315 e. The normalized spacial score (nSPS) is 14.2. The monoisotopic (exact) mass is 403 g/mol. The lowest BCUT2D eigenvalue weighted by Crippen LogP contribution is -2.45. The molecule has 0 aromatic heterocycles. The number of hydrogen-bond donors (Lipinski definition) is 4. The third-order valence-corrected chi connectivity index (χ3v) is 4.21. The number of benzene rings is 1. The van der Waals surface area contributed by atoms with E-state index in [1.54, 1.807) is 12.1 Å². The van der Waals surface area contributed by atoms with E-state index in [4.69, 9.17) is 11.6 Å². The molecule has 1 aliphatic heterocycles. The van der Waals surface area contributed by atoms with Crippen LogP contribution in [-0.4, -0.2) is 62.7 Å². The quantitative estimate of drug-likeness (QED) is 0.487. The average Bonchev–Trinajstić information content (AvgIpc) is 2.64. The van der Waals surface area contributed by atoms with Crippen molar-refractivity contribution in [1.82, 2.24) is 26.2 Å². The van der Waals surface area contributed by atoms with Gasteiger partial charge in [-0.05, 0) is 30.7 Å². The van der Waals surface area contributed by atoms with Crippen LogP contribution in [0.4, 0.5) is 4.79 Å². The molecular formula is C17H27Cl2N5O2. The van der Waals surface area contributed by atoms with Crippen molar-refractivity contribution >= 4 is 35.9 Å². The summed E-state index contributed by atoms with van der Waals surface area (Å²) in [4.78, 5) is 25.8. The summed E-state index contributed by atoms with van der Waals surface area (Å²) < 4.78 is 0. The van der Waals surface area contributed by atoms with Gasteiger partial charge in [-0.2, -0.15) is 0 Å². The minimum Gasteiger partial charge on any atom is -0.355 e. The fraction of sp³-hybridized carbons (Fsp3) is 0.529. The zero-order valence-electron chi connectivity index (χ0n) is 14.7. The minimum absolute atomic E-state index is 0. The van der Waals surface area contributed by atoms with Crippen molar-refractivity contribution in [2.24, 2.45) is 0 Å². The van der Waals surface area contributed by atoms with Gasteiger partial charge in [0.25, 0.3) is 0 Å². The molecule has 1 aliphatic rings. The maximum absolute atomic E-state index is 11.7. The molecule has 9 heteroatoms. The Labute approximate surface area is 165 Å². The summed E-state index contributed by atoms with van der Waals surface area (Å²) in [7, 11) is 0. The van der Waals surface area contributed by atoms with E-state index in [0.29, 0.717) is 18.1 Å². The number of piperazine rings is 1. The number of nitrogens with one attached hydrogen (secondary N) is 4. The van der Waals surface area contributed by atoms with Gasteiger partial charge in [0.2, 0.25) is 5.91 Å². The van der Waals surface area contributed by atoms with Crippen LogP contribution in [0.15, 0.2) is 24.3 Å². The minimum atomic E-state index is -0.370. The van der Waals surface area contributed by atoms with Crippen molar-refractivity contribution in [1.29, 1.82) is 0 Å². The molecule has 3 amide bonds. The van der Waals surface area contributed by atoms with Gasteiger partial charge in [0.05, 0.1) is 6.54 Å². The van der Waals surface area contributed by atoms with Crippen molar-refractivity contribution in [3.8, 4) is 0 Å². The van der Waals surface area contributed by atoms with Gasteiger partial charge in [-0.1, -0.05) is 23.7 Å². The van der Waals surface area contributed by atoms with Gasteiger partial charge in [0, 0.05) is 44.3 Å². The van der Waals surface area contributed by atoms with Crippen LogP contribution in [-0.2, 0) is 11.3 Å². The number of nitrogens with zero attached hydrogens (tertiary/aromatic N) is 1. The molecule has 0 spiro atoms. The molecule has 1 aromatic carbocycles. The molecule has 0 unspecified atom stereocenters. The highest BCUT2D eigenvalue weighted by molar-refractivity contribution is 6.30. The Balaban J connectivity index is 0.00000338. The Kier molecular flexibility index (Phi) is 11.0. The van der Waals surface area contributed by atoms with Gasteiger partial charge in [-0.25, -0.2) is 4.79 Å². The summed E-state index contributed by atoms with van der Waals surface area (Å²) in [5, 5.41) is 12.0. The van der Waals surface area contributed by atoms with Crippen LogP contribution in [0.3, 0.4) is 0 Å². The van der Waals surface area contributed by atoms with Gasteiger partial charge >= 0.3 is 6.03 Å². The molecule has 0 radical (unpaired) electrons. The van der Waals surface area contributed by atoms with Crippen LogP contribution < -0.4 is 21.3 Å². The van der Waals surface area contributed by atoms with Crippen LogP contribution in [0.5, 0.6) is 0 Å². The van der Waals surface area contributed by atoms with Gasteiger partial charge < -0.3 is 26.2 Å². The third-order valence-electron chi connectivity index (χ3n) is 3.96. The van der Waals surface area contributed by atoms with E-state index in [1.807, 2.05) is 12.1 Å². The fourth-order valence-electron chi connectivity index (χ4n) is 2.54. The van der Waals surface area contributed by atoms with Gasteiger partial charge in [-0.15, -0.1) is 12.4 Å². The Morgan fingerprint density at radius 1 is 1.08 bits per heavy atom. The molecule has 7 nitrogen and oxygen atoms in total. The second-order valence-electron chi connectivity index (χ2n) is 5.96. The number of halogens is 2. The van der Waals surface area contributed by atoms with Crippen molar-refractivity contribution < 1.29 is 9.59 Å². The highest BCUT2D eigenvalue weighted by Crippen LogP contribution is 2.08. The lowest BCUT2D eigenvalue weighted by atomic mass is 10.2. The lowest BCUT2D eigenvalue weighted by molar-refractivity contribution is -0.120. The van der Waals surface area contributed by atoms with E-state index < -0.39 is 0 Å². The van der Waals surface area contributed by atoms with E-state index >= 15 is 0 Å². The van der Waals surface area contributed by atoms with Gasteiger partial charge in [0.1, 0.15) is 0 Å². The highest BCUT2D eigenvalue weighted by Gasteiger charge is 2.09. The first kappa shape index (κ1) is 22.5. The molecule has 1 aromatic rings. The summed E-state index contributed by atoms with van der Waals surface area (Å²) in [6.07, 6.45) is 0.911. The van der Waals surface area contributed by atoms with Crippen molar-refractivity contribution in [2.45, 2.75) is 13.0 Å². The second-order valence-corrected chi connectivity index (χ2v) is 6.39. The first-order valence-electron chi connectivity index (χ1n) is 8.59. The molecule has 0 atom stereocenters. The zero-order chi connectivity index (χ0) is 17.9. The van der Waals surface area contributed by atoms with Crippen molar-refractivity contribution in [3.05, 3.63) is 34.9 Å². The first-order valence-corrected chi connectivity index (χ1v) is 8.97. The van der Waals surface area contributed by atoms with Crippen LogP contribution in [0.1, 0.15) is 12.0 Å². The summed E-state index contributed by atoms with van der Waals surface area (Å²) in [6.45, 7) is 6.14. The molecule has 1 fully saturated rings. The third kappa shape index (κ3) is 9.24. The number of amides is 3. The maximum Gasteiger partial charge on any atom is 0.315 e. The Bertz CT molecular complexity index is 551. The molecule has 0 saturated carbocycles. The van der Waals surface area contributed by atoms with Crippen LogP contribution in [0.25, 0.3) is 0 Å². The molecule has 2 rings (SSSR count). The predicted molar refractivity (Wildman–Crippen MR) is 106 cm³/mol. The standard InChI is InChI=1S/C17H26ClN5O2.ClH/c18-15-4-2-14(3-5-15)12-21-17(25)22-13-16(24)20-6-1-9-23-10-7-19-8-11-23;/h2-5,19H,1,6-13H2,(H,20,24)(H2,21,22,25);1H. The molecule has 1 saturated heterocycles. The highest BCUT2D eigenvalue weighted by atomic mass is 35.5. The number of urea groups is 1. The Morgan fingerprint density at radius 3 is 2.46 bits per heavy atom. The average molecular weight is 404 g/mol. The molecular weight excluding hydrogens is 377 g/mol. The summed E-state index contributed by atoms with van der Waals surface area (Å²) in [5.74, 6) is -0.179. The molecule has 1 heterocycles. The topological polar surface area (TPSA) is 85.5 Å². The number of hydrogen-bond acceptors (Lipinski definition) is 4. The lowest BCUT2D eigenvalue weighted by Gasteiger charge is -2.27. The van der Waals surface area contributed by atoms with E-state index in [9.17, 15) is 9.59 Å². The number of carbonyl (C=O) groups is 2. The van der Waals surface area contributed by atoms with Crippen molar-refractivity contribution in [3.63, 3.8) is 0 Å². The molecule has 0 aliphatic carbocycles. The fourth-order valence-corrected chi connectivity index (χ4v) is 2.66. The number of carbonyl (C=O) groups excluding carboxylic acids is 2. The van der Waals surface area contributed by atoms with E-state index in [0.717, 1.165) is 44.7 Å². The van der Waals surface area contributed by atoms with Crippen LogP contribution >= 0.6 is 24.0 Å². The van der Waals surface area contributed by atoms with Gasteiger partial charge in [0.15, 0.2) is 0 Å². The summed E-state index contributed by atoms with van der Waals surface area (Å²) in [5.41, 5.74) is 0.942.